The maximum Gasteiger partial charge on any atom is 0.269 e. The Morgan fingerprint density at radius 3 is 2.40 bits per heavy atom. The molecule has 0 aromatic heterocycles. The number of hydrogen-bond donors (Lipinski definition) is 1. The smallest absolute Gasteiger partial charge is 0.269 e. The third-order valence-electron chi connectivity index (χ3n) is 5.05. The molecule has 2 aromatic rings. The van der Waals surface area contributed by atoms with Gasteiger partial charge in [0.1, 0.15) is 24.0 Å². The third kappa shape index (κ3) is 5.92. The lowest BCUT2D eigenvalue weighted by Gasteiger charge is -2.22. The molecule has 0 spiro atoms. The fourth-order valence-corrected chi connectivity index (χ4v) is 3.37. The van der Waals surface area contributed by atoms with E-state index < -0.39 is 4.92 Å². The van der Waals surface area contributed by atoms with Gasteiger partial charge in [-0.1, -0.05) is 31.4 Å². The number of nitrogens with zero attached hydrogens (tertiary/aromatic N) is 2. The molecule has 0 heterocycles. The van der Waals surface area contributed by atoms with Crippen LogP contribution in [0.15, 0.2) is 54.1 Å². The Balaban J connectivity index is 1.57. The molecule has 1 aliphatic carbocycles. The molecule has 7 heteroatoms. The predicted octanol–water partition coefficient (Wildman–Crippen LogP) is 4.53. The van der Waals surface area contributed by atoms with Crippen molar-refractivity contribution in [1.29, 1.82) is 5.26 Å². The van der Waals surface area contributed by atoms with E-state index in [4.69, 9.17) is 4.74 Å². The van der Waals surface area contributed by atoms with Gasteiger partial charge in [0, 0.05) is 18.2 Å². The van der Waals surface area contributed by atoms with Crippen LogP contribution in [0.1, 0.15) is 43.2 Å². The minimum atomic E-state index is -0.443. The van der Waals surface area contributed by atoms with Crippen molar-refractivity contribution < 1.29 is 14.5 Å². The lowest BCUT2D eigenvalue weighted by atomic mass is 9.95. The van der Waals surface area contributed by atoms with Crippen LogP contribution >= 0.6 is 0 Å². The molecule has 1 aliphatic rings. The second-order valence-corrected chi connectivity index (χ2v) is 7.26. The zero-order valence-corrected chi connectivity index (χ0v) is 16.5. The average Bonchev–Trinajstić information content (AvgIpc) is 2.77. The molecule has 1 saturated carbocycles. The highest BCUT2D eigenvalue weighted by atomic mass is 16.6. The van der Waals surface area contributed by atoms with Gasteiger partial charge in [0.05, 0.1) is 4.92 Å². The number of carbonyl (C=O) groups excluding carboxylic acids is 1. The topological polar surface area (TPSA) is 105 Å². The van der Waals surface area contributed by atoms with E-state index in [0.717, 1.165) is 36.8 Å². The van der Waals surface area contributed by atoms with Crippen molar-refractivity contribution in [2.24, 2.45) is 0 Å². The van der Waals surface area contributed by atoms with Crippen LogP contribution < -0.4 is 10.1 Å². The maximum absolute atomic E-state index is 12.4. The first-order chi connectivity index (χ1) is 14.5. The molecule has 1 fully saturated rings. The fourth-order valence-electron chi connectivity index (χ4n) is 3.37. The van der Waals surface area contributed by atoms with Crippen LogP contribution in [0.4, 0.5) is 5.69 Å². The van der Waals surface area contributed by atoms with E-state index in [2.05, 4.69) is 5.32 Å². The SMILES string of the molecule is N#C/C(=C/c1ccc(OCc2ccc([N+](=O)[O-])cc2)cc1)C(=O)NC1CCCCC1. The Bertz CT molecular complexity index is 953. The number of hydrogen-bond acceptors (Lipinski definition) is 5. The lowest BCUT2D eigenvalue weighted by molar-refractivity contribution is -0.384. The van der Waals surface area contributed by atoms with Crippen molar-refractivity contribution in [2.75, 3.05) is 0 Å². The summed E-state index contributed by atoms with van der Waals surface area (Å²) in [5.41, 5.74) is 1.67. The van der Waals surface area contributed by atoms with Gasteiger partial charge in [-0.05, 0) is 54.3 Å². The second-order valence-electron chi connectivity index (χ2n) is 7.26. The number of benzene rings is 2. The van der Waals surface area contributed by atoms with Crippen LogP contribution in [-0.2, 0) is 11.4 Å². The molecule has 2 aromatic carbocycles. The van der Waals surface area contributed by atoms with E-state index in [1.165, 1.54) is 18.6 Å². The Hall–Kier alpha value is -3.66. The third-order valence-corrected chi connectivity index (χ3v) is 5.05. The van der Waals surface area contributed by atoms with Crippen LogP contribution in [-0.4, -0.2) is 16.9 Å². The number of non-ortho nitro benzene ring substituents is 1. The summed E-state index contributed by atoms with van der Waals surface area (Å²) in [4.78, 5) is 22.6. The lowest BCUT2D eigenvalue weighted by Crippen LogP contribution is -2.36. The summed E-state index contributed by atoms with van der Waals surface area (Å²) >= 11 is 0. The quantitative estimate of drug-likeness (QED) is 0.315. The molecule has 30 heavy (non-hydrogen) atoms. The van der Waals surface area contributed by atoms with Gasteiger partial charge in [0.2, 0.25) is 0 Å². The minimum Gasteiger partial charge on any atom is -0.489 e. The number of amides is 1. The standard InChI is InChI=1S/C23H23N3O4/c24-15-19(23(27)25-20-4-2-1-3-5-20)14-17-8-12-22(13-9-17)30-16-18-6-10-21(11-7-18)26(28)29/h6-14,20H,1-5,16H2,(H,25,27)/b19-14-. The molecule has 154 valence electrons. The zero-order valence-electron chi connectivity index (χ0n) is 16.5. The van der Waals surface area contributed by atoms with E-state index in [1.807, 2.05) is 6.07 Å². The number of nitro benzene ring substituents is 1. The van der Waals surface area contributed by atoms with Gasteiger partial charge in [-0.3, -0.25) is 14.9 Å². The van der Waals surface area contributed by atoms with Crippen molar-refractivity contribution in [2.45, 2.75) is 44.8 Å². The second kappa shape index (κ2) is 10.2. The van der Waals surface area contributed by atoms with Gasteiger partial charge in [-0.25, -0.2) is 0 Å². The molecule has 1 amide bonds. The molecule has 0 atom stereocenters. The first-order valence-electron chi connectivity index (χ1n) is 9.94. The molecule has 3 rings (SSSR count). The summed E-state index contributed by atoms with van der Waals surface area (Å²) < 4.78 is 5.69. The van der Waals surface area contributed by atoms with Crippen LogP contribution in [0.2, 0.25) is 0 Å². The normalized spacial score (nSPS) is 14.6. The predicted molar refractivity (Wildman–Crippen MR) is 112 cm³/mol. The zero-order chi connectivity index (χ0) is 21.3. The number of nitrogens with one attached hydrogen (secondary N) is 1. The molecule has 0 bridgehead atoms. The minimum absolute atomic E-state index is 0.0377. The van der Waals surface area contributed by atoms with E-state index in [-0.39, 0.29) is 29.8 Å². The monoisotopic (exact) mass is 405 g/mol. The molecule has 0 saturated heterocycles. The Morgan fingerprint density at radius 2 is 1.80 bits per heavy atom. The van der Waals surface area contributed by atoms with Crippen molar-refractivity contribution in [1.82, 2.24) is 5.32 Å². The van der Waals surface area contributed by atoms with E-state index in [1.54, 1.807) is 42.5 Å². The van der Waals surface area contributed by atoms with E-state index >= 15 is 0 Å². The summed E-state index contributed by atoms with van der Waals surface area (Å²) in [6.07, 6.45) is 6.91. The summed E-state index contributed by atoms with van der Waals surface area (Å²) in [6.45, 7) is 0.278. The van der Waals surface area contributed by atoms with Crippen LogP contribution in [0, 0.1) is 21.4 Å². The number of rotatable bonds is 7. The van der Waals surface area contributed by atoms with Gasteiger partial charge in [0.25, 0.3) is 11.6 Å². The summed E-state index contributed by atoms with van der Waals surface area (Å²) in [5.74, 6) is 0.290. The van der Waals surface area contributed by atoms with Gasteiger partial charge < -0.3 is 10.1 Å². The summed E-state index contributed by atoms with van der Waals surface area (Å²) in [6, 6.07) is 15.4. The summed E-state index contributed by atoms with van der Waals surface area (Å²) in [7, 11) is 0. The highest BCUT2D eigenvalue weighted by Crippen LogP contribution is 2.19. The Morgan fingerprint density at radius 1 is 1.13 bits per heavy atom. The van der Waals surface area contributed by atoms with Crippen molar-refractivity contribution in [3.8, 4) is 11.8 Å². The molecule has 1 N–H and O–H groups in total. The highest BCUT2D eigenvalue weighted by Gasteiger charge is 2.18. The van der Waals surface area contributed by atoms with Gasteiger partial charge in [-0.15, -0.1) is 0 Å². The number of ether oxygens (including phenoxy) is 1. The largest absolute Gasteiger partial charge is 0.489 e. The average molecular weight is 405 g/mol. The van der Waals surface area contributed by atoms with Crippen LogP contribution in [0.5, 0.6) is 5.75 Å². The fraction of sp³-hybridized carbons (Fsp3) is 0.304. The van der Waals surface area contributed by atoms with Crippen molar-refractivity contribution in [3.05, 3.63) is 75.3 Å². The highest BCUT2D eigenvalue weighted by molar-refractivity contribution is 6.01. The van der Waals surface area contributed by atoms with Gasteiger partial charge in [-0.2, -0.15) is 5.26 Å². The first-order valence-corrected chi connectivity index (χ1v) is 9.94. The molecule has 7 nitrogen and oxygen atoms in total. The summed E-state index contributed by atoms with van der Waals surface area (Å²) in [5, 5.41) is 23.0. The Labute approximate surface area is 175 Å². The van der Waals surface area contributed by atoms with Gasteiger partial charge >= 0.3 is 0 Å². The first kappa shape index (κ1) is 21.1. The molecule has 0 aliphatic heterocycles. The number of nitriles is 1. The molecular weight excluding hydrogens is 382 g/mol. The number of nitro groups is 1. The van der Waals surface area contributed by atoms with E-state index in [0.29, 0.717) is 5.75 Å². The van der Waals surface area contributed by atoms with Crippen LogP contribution in [0.3, 0.4) is 0 Å². The van der Waals surface area contributed by atoms with Gasteiger partial charge in [0.15, 0.2) is 0 Å². The number of carbonyl (C=O) groups is 1. The van der Waals surface area contributed by atoms with Crippen molar-refractivity contribution in [3.63, 3.8) is 0 Å². The van der Waals surface area contributed by atoms with Crippen LogP contribution in [0.25, 0.3) is 6.08 Å². The molecule has 0 unspecified atom stereocenters. The van der Waals surface area contributed by atoms with Crippen molar-refractivity contribution >= 4 is 17.7 Å². The molecular formula is C23H23N3O4. The maximum atomic E-state index is 12.4. The van der Waals surface area contributed by atoms with E-state index in [9.17, 15) is 20.2 Å². The Kier molecular flexibility index (Phi) is 7.17. The molecule has 0 radical (unpaired) electrons.